The van der Waals surface area contributed by atoms with E-state index in [9.17, 15) is 9.59 Å². The van der Waals surface area contributed by atoms with Crippen LogP contribution in [0, 0.1) is 6.92 Å². The van der Waals surface area contributed by atoms with Gasteiger partial charge in [0.2, 0.25) is 0 Å². The summed E-state index contributed by atoms with van der Waals surface area (Å²) in [5.74, 6) is 0.314. The molecule has 0 unspecified atom stereocenters. The lowest BCUT2D eigenvalue weighted by Gasteiger charge is -2.10. The number of amides is 1. The van der Waals surface area contributed by atoms with Gasteiger partial charge in [0, 0.05) is 36.3 Å². The number of fused-ring (bicyclic) bond motifs is 1. The van der Waals surface area contributed by atoms with E-state index < -0.39 is 0 Å². The predicted octanol–water partition coefficient (Wildman–Crippen LogP) is 2.59. The molecule has 0 aliphatic heterocycles. The number of carbonyl (C=O) groups is 1. The standard InChI is InChI=1S/C20H16N4O3/c1-13-11-17(25)24-9-3-6-15(19(24)23-13)20(26)22-12-14-5-2-8-21-18(14)16-7-4-10-27-16/h2-11H,12H2,1H3,(H,22,26). The summed E-state index contributed by atoms with van der Waals surface area (Å²) < 4.78 is 6.77. The maximum atomic E-state index is 12.7. The van der Waals surface area contributed by atoms with Crippen LogP contribution >= 0.6 is 0 Å². The van der Waals surface area contributed by atoms with Crippen LogP contribution in [0.3, 0.4) is 0 Å². The molecule has 0 aliphatic carbocycles. The minimum absolute atomic E-state index is 0.223. The Hall–Kier alpha value is -3.74. The van der Waals surface area contributed by atoms with Crippen molar-refractivity contribution >= 4 is 11.6 Å². The molecule has 1 N–H and O–H groups in total. The Kier molecular flexibility index (Phi) is 4.25. The van der Waals surface area contributed by atoms with E-state index in [4.69, 9.17) is 4.42 Å². The fourth-order valence-electron chi connectivity index (χ4n) is 2.90. The van der Waals surface area contributed by atoms with E-state index in [1.54, 1.807) is 49.8 Å². The third-order valence-corrected chi connectivity index (χ3v) is 4.15. The zero-order chi connectivity index (χ0) is 18.8. The van der Waals surface area contributed by atoms with Crippen LogP contribution in [0.2, 0.25) is 0 Å². The number of pyridine rings is 2. The first-order chi connectivity index (χ1) is 13.1. The van der Waals surface area contributed by atoms with Crippen molar-refractivity contribution in [2.24, 2.45) is 0 Å². The second-order valence-corrected chi connectivity index (χ2v) is 6.02. The van der Waals surface area contributed by atoms with E-state index in [1.165, 1.54) is 10.5 Å². The van der Waals surface area contributed by atoms with Gasteiger partial charge in [-0.3, -0.25) is 19.0 Å². The SMILES string of the molecule is Cc1cc(=O)n2cccc(C(=O)NCc3cccnc3-c3ccco3)c2n1. The molecule has 4 aromatic rings. The zero-order valence-electron chi connectivity index (χ0n) is 14.5. The molecule has 0 bridgehead atoms. The summed E-state index contributed by atoms with van der Waals surface area (Å²) in [4.78, 5) is 33.5. The van der Waals surface area contributed by atoms with Gasteiger partial charge in [0.25, 0.3) is 11.5 Å². The van der Waals surface area contributed by atoms with Crippen LogP contribution in [0.1, 0.15) is 21.6 Å². The number of hydrogen-bond donors (Lipinski definition) is 1. The Morgan fingerprint density at radius 2 is 2.11 bits per heavy atom. The summed E-state index contributed by atoms with van der Waals surface area (Å²) in [6.45, 7) is 1.99. The highest BCUT2D eigenvalue weighted by atomic mass is 16.3. The zero-order valence-corrected chi connectivity index (χ0v) is 14.5. The summed E-state index contributed by atoms with van der Waals surface area (Å²) in [7, 11) is 0. The molecule has 0 spiro atoms. The number of carbonyl (C=O) groups excluding carboxylic acids is 1. The largest absolute Gasteiger partial charge is 0.463 e. The van der Waals surface area contributed by atoms with Crippen molar-refractivity contribution in [2.45, 2.75) is 13.5 Å². The number of furan rings is 1. The van der Waals surface area contributed by atoms with Crippen LogP contribution in [-0.4, -0.2) is 20.3 Å². The molecule has 4 heterocycles. The predicted molar refractivity (Wildman–Crippen MR) is 99.3 cm³/mol. The second kappa shape index (κ2) is 6.87. The molecular formula is C20H16N4O3. The van der Waals surface area contributed by atoms with Gasteiger partial charge in [0.05, 0.1) is 11.8 Å². The molecule has 0 fully saturated rings. The van der Waals surface area contributed by atoms with Crippen molar-refractivity contribution in [2.75, 3.05) is 0 Å². The summed E-state index contributed by atoms with van der Waals surface area (Å²) in [6, 6.07) is 12.0. The van der Waals surface area contributed by atoms with Crippen molar-refractivity contribution in [1.82, 2.24) is 19.7 Å². The van der Waals surface area contributed by atoms with Gasteiger partial charge in [-0.15, -0.1) is 0 Å². The van der Waals surface area contributed by atoms with Gasteiger partial charge >= 0.3 is 0 Å². The maximum Gasteiger partial charge on any atom is 0.258 e. The summed E-state index contributed by atoms with van der Waals surface area (Å²) in [5.41, 5.74) is 2.50. The van der Waals surface area contributed by atoms with Gasteiger partial charge in [-0.25, -0.2) is 4.98 Å². The van der Waals surface area contributed by atoms with Gasteiger partial charge in [-0.2, -0.15) is 0 Å². The van der Waals surface area contributed by atoms with Gasteiger partial charge in [0.15, 0.2) is 11.4 Å². The lowest BCUT2D eigenvalue weighted by molar-refractivity contribution is 0.0952. The molecule has 4 rings (SSSR count). The normalized spacial score (nSPS) is 10.9. The van der Waals surface area contributed by atoms with Gasteiger partial charge in [-0.05, 0) is 37.3 Å². The maximum absolute atomic E-state index is 12.7. The highest BCUT2D eigenvalue weighted by molar-refractivity contribution is 5.99. The fourth-order valence-corrected chi connectivity index (χ4v) is 2.90. The van der Waals surface area contributed by atoms with Crippen molar-refractivity contribution in [3.8, 4) is 11.5 Å². The van der Waals surface area contributed by atoms with E-state index in [0.29, 0.717) is 28.4 Å². The van der Waals surface area contributed by atoms with Crippen LogP contribution in [0.5, 0.6) is 0 Å². The molecule has 0 aliphatic rings. The minimum atomic E-state index is -0.320. The minimum Gasteiger partial charge on any atom is -0.463 e. The third-order valence-electron chi connectivity index (χ3n) is 4.15. The monoisotopic (exact) mass is 360 g/mol. The highest BCUT2D eigenvalue weighted by Gasteiger charge is 2.14. The molecule has 0 saturated heterocycles. The lowest BCUT2D eigenvalue weighted by atomic mass is 10.1. The Bertz CT molecular complexity index is 1180. The molecule has 7 heteroatoms. The Morgan fingerprint density at radius 3 is 2.93 bits per heavy atom. The molecule has 27 heavy (non-hydrogen) atoms. The molecular weight excluding hydrogens is 344 g/mol. The number of nitrogens with one attached hydrogen (secondary N) is 1. The Balaban J connectivity index is 1.64. The van der Waals surface area contributed by atoms with Gasteiger partial charge in [0.1, 0.15) is 5.69 Å². The fraction of sp³-hybridized carbons (Fsp3) is 0.100. The summed E-state index contributed by atoms with van der Waals surface area (Å²) in [5, 5.41) is 2.87. The highest BCUT2D eigenvalue weighted by Crippen LogP contribution is 2.21. The number of aromatic nitrogens is 3. The average Bonchev–Trinajstić information content (AvgIpc) is 3.20. The summed E-state index contributed by atoms with van der Waals surface area (Å²) >= 11 is 0. The number of aryl methyl sites for hydroxylation is 1. The van der Waals surface area contributed by atoms with Crippen LogP contribution in [-0.2, 0) is 6.54 Å². The average molecular weight is 360 g/mol. The van der Waals surface area contributed by atoms with E-state index in [0.717, 1.165) is 5.56 Å². The van der Waals surface area contributed by atoms with E-state index in [1.807, 2.05) is 12.1 Å². The van der Waals surface area contributed by atoms with Crippen LogP contribution in [0.15, 0.2) is 70.3 Å². The number of hydrogen-bond acceptors (Lipinski definition) is 5. The molecule has 1 amide bonds. The van der Waals surface area contributed by atoms with E-state index >= 15 is 0 Å². The molecule has 0 radical (unpaired) electrons. The third kappa shape index (κ3) is 3.22. The molecule has 4 aromatic heterocycles. The van der Waals surface area contributed by atoms with Crippen LogP contribution in [0.4, 0.5) is 0 Å². The molecule has 0 atom stereocenters. The molecule has 0 saturated carbocycles. The van der Waals surface area contributed by atoms with E-state index in [2.05, 4.69) is 15.3 Å². The van der Waals surface area contributed by atoms with Crippen molar-refractivity contribution in [3.05, 3.63) is 88.3 Å². The molecule has 134 valence electrons. The van der Waals surface area contributed by atoms with Crippen molar-refractivity contribution in [3.63, 3.8) is 0 Å². The summed E-state index contributed by atoms with van der Waals surface area (Å²) in [6.07, 6.45) is 4.85. The second-order valence-electron chi connectivity index (χ2n) is 6.02. The van der Waals surface area contributed by atoms with Gasteiger partial charge < -0.3 is 9.73 Å². The number of nitrogens with zero attached hydrogens (tertiary/aromatic N) is 3. The Morgan fingerprint density at radius 1 is 1.22 bits per heavy atom. The van der Waals surface area contributed by atoms with E-state index in [-0.39, 0.29) is 18.0 Å². The first-order valence-electron chi connectivity index (χ1n) is 8.38. The topological polar surface area (TPSA) is 89.5 Å². The van der Waals surface area contributed by atoms with Crippen LogP contribution in [0.25, 0.3) is 17.1 Å². The van der Waals surface area contributed by atoms with Crippen molar-refractivity contribution in [1.29, 1.82) is 0 Å². The van der Waals surface area contributed by atoms with Crippen LogP contribution < -0.4 is 10.9 Å². The smallest absolute Gasteiger partial charge is 0.258 e. The Labute approximate surface area is 154 Å². The van der Waals surface area contributed by atoms with Crippen molar-refractivity contribution < 1.29 is 9.21 Å². The lowest BCUT2D eigenvalue weighted by Crippen LogP contribution is -2.26. The van der Waals surface area contributed by atoms with Gasteiger partial charge in [-0.1, -0.05) is 6.07 Å². The molecule has 7 nitrogen and oxygen atoms in total. The first-order valence-corrected chi connectivity index (χ1v) is 8.38. The molecule has 0 aromatic carbocycles. The quantitative estimate of drug-likeness (QED) is 0.604. The number of rotatable bonds is 4. The first kappa shape index (κ1) is 16.7.